The topological polar surface area (TPSA) is 94.9 Å². The second kappa shape index (κ2) is 12.8. The van der Waals surface area contributed by atoms with Crippen molar-refractivity contribution in [2.75, 3.05) is 41.9 Å². The number of phenols is 1. The first kappa shape index (κ1) is 27.4. The van der Waals surface area contributed by atoms with E-state index in [4.69, 9.17) is 16.3 Å². The predicted molar refractivity (Wildman–Crippen MR) is 159 cm³/mol. The lowest BCUT2D eigenvalue weighted by atomic mass is 10.0. The second-order valence-electron chi connectivity index (χ2n) is 9.37. The highest BCUT2D eigenvalue weighted by atomic mass is 35.5. The molecule has 3 aromatic carbocycles. The van der Waals surface area contributed by atoms with Gasteiger partial charge >= 0.3 is 0 Å². The zero-order valence-electron chi connectivity index (χ0n) is 22.1. The highest BCUT2D eigenvalue weighted by Crippen LogP contribution is 2.32. The maximum atomic E-state index is 14.3. The van der Waals surface area contributed by atoms with Gasteiger partial charge in [-0.05, 0) is 65.1 Å². The Hall–Kier alpha value is -4.21. The van der Waals surface area contributed by atoms with Crippen LogP contribution in [0, 0.1) is 5.82 Å². The standard InChI is InChI=1S/C30H30ClFN6O2/c1-2-5-20-17-28(35-24-8-3-6-21(14-24)22-7-4-9-25(39)15-22)26(31)16-23(20)18-34-37-30-33-19-27(32)29(36-30)38-10-12-40-13-11-38/h3-4,6-9,14-19,35,39H,2,5,10-13H2,1H3,(H,33,36,37)/b34-18+. The number of ether oxygens (including phenoxy) is 1. The SMILES string of the molecule is CCCc1cc(Nc2cccc(-c3cccc(O)c3)c2)c(Cl)cc1/C=N/Nc1ncc(F)c(N2CCOCC2)n1. The Labute approximate surface area is 237 Å². The molecule has 40 heavy (non-hydrogen) atoms. The largest absolute Gasteiger partial charge is 0.508 e. The van der Waals surface area contributed by atoms with Gasteiger partial charge in [0, 0.05) is 18.8 Å². The number of hydrogen-bond donors (Lipinski definition) is 3. The van der Waals surface area contributed by atoms with Crippen molar-refractivity contribution >= 4 is 41.0 Å². The molecule has 0 radical (unpaired) electrons. The monoisotopic (exact) mass is 560 g/mol. The van der Waals surface area contributed by atoms with Crippen LogP contribution in [0.5, 0.6) is 5.75 Å². The van der Waals surface area contributed by atoms with Crippen LogP contribution in [0.1, 0.15) is 24.5 Å². The van der Waals surface area contributed by atoms with Crippen LogP contribution in [0.25, 0.3) is 11.1 Å². The second-order valence-corrected chi connectivity index (χ2v) is 9.78. The van der Waals surface area contributed by atoms with Crippen LogP contribution in [0.3, 0.4) is 0 Å². The summed E-state index contributed by atoms with van der Waals surface area (Å²) in [5.74, 6) is 0.170. The number of aromatic nitrogens is 2. The molecule has 0 amide bonds. The van der Waals surface area contributed by atoms with Gasteiger partial charge in [-0.25, -0.2) is 14.8 Å². The molecule has 0 bridgehead atoms. The van der Waals surface area contributed by atoms with Crippen molar-refractivity contribution in [3.05, 3.63) is 88.8 Å². The lowest BCUT2D eigenvalue weighted by Gasteiger charge is -2.27. The zero-order valence-corrected chi connectivity index (χ0v) is 22.8. The number of nitrogens with one attached hydrogen (secondary N) is 2. The van der Waals surface area contributed by atoms with Crippen molar-refractivity contribution in [1.29, 1.82) is 0 Å². The summed E-state index contributed by atoms with van der Waals surface area (Å²) in [6.07, 6.45) is 4.58. The van der Waals surface area contributed by atoms with Crippen molar-refractivity contribution in [3.63, 3.8) is 0 Å². The van der Waals surface area contributed by atoms with Crippen LogP contribution >= 0.6 is 11.6 Å². The molecule has 1 aromatic heterocycles. The Balaban J connectivity index is 1.33. The summed E-state index contributed by atoms with van der Waals surface area (Å²) in [7, 11) is 0. The maximum absolute atomic E-state index is 14.3. The average molecular weight is 561 g/mol. The van der Waals surface area contributed by atoms with Crippen LogP contribution in [-0.2, 0) is 11.2 Å². The minimum absolute atomic E-state index is 0.201. The molecule has 1 fully saturated rings. The van der Waals surface area contributed by atoms with E-state index in [-0.39, 0.29) is 17.5 Å². The van der Waals surface area contributed by atoms with Gasteiger partial charge in [0.15, 0.2) is 11.6 Å². The van der Waals surface area contributed by atoms with Crippen LogP contribution < -0.4 is 15.6 Å². The lowest BCUT2D eigenvalue weighted by molar-refractivity contribution is 0.122. The molecular formula is C30H30ClFN6O2. The summed E-state index contributed by atoms with van der Waals surface area (Å²) < 4.78 is 19.7. The van der Waals surface area contributed by atoms with Gasteiger partial charge in [0.05, 0.1) is 36.3 Å². The fourth-order valence-corrected chi connectivity index (χ4v) is 4.74. The number of benzene rings is 3. The van der Waals surface area contributed by atoms with Crippen LogP contribution in [-0.4, -0.2) is 47.6 Å². The molecule has 0 aliphatic carbocycles. The summed E-state index contributed by atoms with van der Waals surface area (Å²) in [5, 5.41) is 18.1. The van der Waals surface area contributed by atoms with E-state index in [9.17, 15) is 9.50 Å². The first-order valence-corrected chi connectivity index (χ1v) is 13.5. The van der Waals surface area contributed by atoms with E-state index in [0.717, 1.165) is 52.7 Å². The number of rotatable bonds is 9. The quantitative estimate of drug-likeness (QED) is 0.156. The molecule has 0 saturated carbocycles. The predicted octanol–water partition coefficient (Wildman–Crippen LogP) is 6.62. The van der Waals surface area contributed by atoms with Crippen molar-refractivity contribution in [1.82, 2.24) is 9.97 Å². The third-order valence-electron chi connectivity index (χ3n) is 6.47. The number of anilines is 4. The van der Waals surface area contributed by atoms with Crippen molar-refractivity contribution in [2.45, 2.75) is 19.8 Å². The summed E-state index contributed by atoms with van der Waals surface area (Å²) >= 11 is 6.69. The van der Waals surface area contributed by atoms with Crippen molar-refractivity contribution in [2.24, 2.45) is 5.10 Å². The van der Waals surface area contributed by atoms with Crippen molar-refractivity contribution < 1.29 is 14.2 Å². The highest BCUT2D eigenvalue weighted by molar-refractivity contribution is 6.33. The molecule has 2 heterocycles. The summed E-state index contributed by atoms with van der Waals surface area (Å²) in [6, 6.07) is 19.0. The van der Waals surface area contributed by atoms with Crippen LogP contribution in [0.15, 0.2) is 72.0 Å². The molecule has 1 saturated heterocycles. The third kappa shape index (κ3) is 6.67. The van der Waals surface area contributed by atoms with Gasteiger partial charge in [-0.2, -0.15) is 10.1 Å². The molecule has 1 aliphatic rings. The molecule has 206 valence electrons. The fourth-order valence-electron chi connectivity index (χ4n) is 4.52. The number of phenolic OH excluding ortho intramolecular Hbond substituents is 1. The van der Waals surface area contributed by atoms with E-state index in [1.807, 2.05) is 53.4 Å². The Morgan fingerprint density at radius 2 is 1.88 bits per heavy atom. The number of hydrazone groups is 1. The molecule has 4 aromatic rings. The summed E-state index contributed by atoms with van der Waals surface area (Å²) in [4.78, 5) is 10.2. The van der Waals surface area contributed by atoms with Crippen LogP contribution in [0.4, 0.5) is 27.5 Å². The van der Waals surface area contributed by atoms with Gasteiger partial charge in [0.1, 0.15) is 5.75 Å². The van der Waals surface area contributed by atoms with Gasteiger partial charge < -0.3 is 20.1 Å². The molecule has 0 spiro atoms. The Bertz CT molecular complexity index is 1510. The first-order chi connectivity index (χ1) is 19.5. The fraction of sp³-hybridized carbons (Fsp3) is 0.233. The van der Waals surface area contributed by atoms with Crippen LogP contribution in [0.2, 0.25) is 5.02 Å². The molecule has 3 N–H and O–H groups in total. The minimum Gasteiger partial charge on any atom is -0.508 e. The van der Waals surface area contributed by atoms with Gasteiger partial charge in [0.2, 0.25) is 5.95 Å². The molecule has 5 rings (SSSR count). The molecule has 0 atom stereocenters. The number of halogens is 2. The smallest absolute Gasteiger partial charge is 0.245 e. The Morgan fingerprint density at radius 1 is 1.10 bits per heavy atom. The van der Waals surface area contributed by atoms with E-state index >= 15 is 0 Å². The minimum atomic E-state index is -0.482. The Morgan fingerprint density at radius 3 is 2.65 bits per heavy atom. The lowest BCUT2D eigenvalue weighted by Crippen LogP contribution is -2.37. The molecule has 0 unspecified atom stereocenters. The summed E-state index contributed by atoms with van der Waals surface area (Å²) in [6.45, 7) is 4.30. The van der Waals surface area contributed by atoms with Crippen molar-refractivity contribution in [3.8, 4) is 16.9 Å². The van der Waals surface area contributed by atoms with E-state index in [0.29, 0.717) is 31.3 Å². The maximum Gasteiger partial charge on any atom is 0.245 e. The van der Waals surface area contributed by atoms with Gasteiger partial charge in [-0.3, -0.25) is 0 Å². The number of nitrogens with zero attached hydrogens (tertiary/aromatic N) is 4. The summed E-state index contributed by atoms with van der Waals surface area (Å²) in [5.41, 5.74) is 8.28. The number of hydrogen-bond acceptors (Lipinski definition) is 8. The average Bonchev–Trinajstić information content (AvgIpc) is 2.97. The highest BCUT2D eigenvalue weighted by Gasteiger charge is 2.18. The first-order valence-electron chi connectivity index (χ1n) is 13.1. The van der Waals surface area contributed by atoms with E-state index < -0.39 is 5.82 Å². The third-order valence-corrected chi connectivity index (χ3v) is 6.79. The molecular weight excluding hydrogens is 531 g/mol. The number of aromatic hydroxyl groups is 1. The number of morpholine rings is 1. The van der Waals surface area contributed by atoms with E-state index in [2.05, 4.69) is 32.7 Å². The van der Waals surface area contributed by atoms with E-state index in [1.165, 1.54) is 0 Å². The van der Waals surface area contributed by atoms with E-state index in [1.54, 1.807) is 18.3 Å². The number of aryl methyl sites for hydroxylation is 1. The molecule has 8 nitrogen and oxygen atoms in total. The van der Waals surface area contributed by atoms with Gasteiger partial charge in [-0.1, -0.05) is 49.2 Å². The Kier molecular flexibility index (Phi) is 8.73. The van der Waals surface area contributed by atoms with Gasteiger partial charge in [-0.15, -0.1) is 0 Å². The zero-order chi connectivity index (χ0) is 27.9. The van der Waals surface area contributed by atoms with Gasteiger partial charge in [0.25, 0.3) is 0 Å². The molecule has 1 aliphatic heterocycles. The molecule has 10 heteroatoms. The normalized spacial score (nSPS) is 13.5.